The van der Waals surface area contributed by atoms with Gasteiger partial charge in [0.2, 0.25) is 6.79 Å². The van der Waals surface area contributed by atoms with E-state index in [1.165, 1.54) is 10.4 Å². The summed E-state index contributed by atoms with van der Waals surface area (Å²) in [6.45, 7) is 1.39. The highest BCUT2D eigenvalue weighted by Crippen LogP contribution is 2.37. The van der Waals surface area contributed by atoms with Gasteiger partial charge in [0.1, 0.15) is 9.81 Å². The van der Waals surface area contributed by atoms with Gasteiger partial charge >= 0.3 is 5.97 Å². The van der Waals surface area contributed by atoms with Crippen LogP contribution in [0.25, 0.3) is 0 Å². The zero-order valence-corrected chi connectivity index (χ0v) is 19.8. The van der Waals surface area contributed by atoms with Gasteiger partial charge in [-0.05, 0) is 29.8 Å². The first-order valence-electron chi connectivity index (χ1n) is 10.0. The highest BCUT2D eigenvalue weighted by molar-refractivity contribution is 7.91. The first-order valence-corrected chi connectivity index (χ1v) is 12.7. The maximum atomic E-state index is 12.5. The van der Waals surface area contributed by atoms with E-state index in [1.54, 1.807) is 6.07 Å². The topological polar surface area (TPSA) is 141 Å². The number of ether oxygens (including phenoxy) is 2. The molecule has 0 unspecified atom stereocenters. The quantitative estimate of drug-likeness (QED) is 0.633. The Morgan fingerprint density at radius 2 is 1.94 bits per heavy atom. The van der Waals surface area contributed by atoms with Crippen LogP contribution in [0.3, 0.4) is 0 Å². The second-order valence-corrected chi connectivity index (χ2v) is 11.5. The monoisotopic (exact) mass is 515 g/mol. The molecule has 1 fully saturated rings. The second-order valence-electron chi connectivity index (χ2n) is 7.65. The molecule has 0 radical (unpaired) electrons. The number of sulfonamides is 1. The summed E-state index contributed by atoms with van der Waals surface area (Å²) in [6, 6.07) is 8.77. The predicted octanol–water partition coefficient (Wildman–Crippen LogP) is 2.66. The fourth-order valence-electron chi connectivity index (χ4n) is 3.67. The predicted molar refractivity (Wildman–Crippen MR) is 121 cm³/mol. The lowest BCUT2D eigenvalue weighted by Gasteiger charge is -2.36. The SMILES string of the molecule is NCc1ccc2c(c1)OCO2.O=C(O)C1=NOC2(CCN(S(=O)(=O)c3ccc(Cl)s3)CC2)C1. The van der Waals surface area contributed by atoms with Gasteiger partial charge in [-0.25, -0.2) is 13.2 Å². The number of halogens is 1. The van der Waals surface area contributed by atoms with Crippen molar-refractivity contribution in [2.45, 2.75) is 35.6 Å². The van der Waals surface area contributed by atoms with Crippen LogP contribution in [0, 0.1) is 0 Å². The molecule has 1 spiro atoms. The van der Waals surface area contributed by atoms with E-state index < -0.39 is 21.6 Å². The number of oxime groups is 1. The summed E-state index contributed by atoms with van der Waals surface area (Å²) < 4.78 is 37.3. The van der Waals surface area contributed by atoms with Crippen LogP contribution in [0.1, 0.15) is 24.8 Å². The number of hydrogen-bond donors (Lipinski definition) is 2. The van der Waals surface area contributed by atoms with Crippen LogP contribution < -0.4 is 15.2 Å². The molecule has 0 aliphatic carbocycles. The summed E-state index contributed by atoms with van der Waals surface area (Å²) in [7, 11) is -3.56. The van der Waals surface area contributed by atoms with Crippen molar-refractivity contribution in [3.8, 4) is 11.5 Å². The van der Waals surface area contributed by atoms with E-state index in [-0.39, 0.29) is 29.4 Å². The van der Waals surface area contributed by atoms with Gasteiger partial charge in [-0.2, -0.15) is 4.31 Å². The van der Waals surface area contributed by atoms with Gasteiger partial charge in [0.05, 0.1) is 4.34 Å². The molecule has 10 nitrogen and oxygen atoms in total. The molecule has 178 valence electrons. The zero-order chi connectivity index (χ0) is 23.6. The number of nitrogens with zero attached hydrogens (tertiary/aromatic N) is 2. The lowest BCUT2D eigenvalue weighted by Crippen LogP contribution is -2.46. The van der Waals surface area contributed by atoms with Crippen LogP contribution in [0.15, 0.2) is 39.7 Å². The van der Waals surface area contributed by atoms with Crippen molar-refractivity contribution in [3.63, 3.8) is 0 Å². The molecule has 1 aromatic carbocycles. The number of benzene rings is 1. The third-order valence-corrected chi connectivity index (χ3v) is 9.13. The molecule has 3 N–H and O–H groups in total. The average molecular weight is 516 g/mol. The van der Waals surface area contributed by atoms with Crippen LogP contribution in [-0.4, -0.2) is 55.0 Å². The molecule has 5 rings (SSSR count). The van der Waals surface area contributed by atoms with Gasteiger partial charge < -0.3 is 25.2 Å². The molecule has 2 aromatic rings. The van der Waals surface area contributed by atoms with Crippen LogP contribution in [-0.2, 0) is 26.2 Å². The minimum Gasteiger partial charge on any atom is -0.477 e. The maximum Gasteiger partial charge on any atom is 0.353 e. The number of fused-ring (bicyclic) bond motifs is 1. The second kappa shape index (κ2) is 9.47. The molecular formula is C20H22ClN3O7S2. The third-order valence-electron chi connectivity index (χ3n) is 5.53. The molecule has 0 saturated carbocycles. The molecule has 0 bridgehead atoms. The Bertz CT molecular complexity index is 1170. The fraction of sp³-hybridized carbons (Fsp3) is 0.400. The first-order chi connectivity index (χ1) is 15.7. The highest BCUT2D eigenvalue weighted by Gasteiger charge is 2.46. The number of carbonyl (C=O) groups is 1. The van der Waals surface area contributed by atoms with Crippen molar-refractivity contribution in [2.24, 2.45) is 10.9 Å². The van der Waals surface area contributed by atoms with Gasteiger partial charge in [-0.15, -0.1) is 11.3 Å². The van der Waals surface area contributed by atoms with Crippen LogP contribution >= 0.6 is 22.9 Å². The summed E-state index contributed by atoms with van der Waals surface area (Å²) in [5.41, 5.74) is 5.81. The van der Waals surface area contributed by atoms with Gasteiger partial charge in [-0.3, -0.25) is 0 Å². The number of carboxylic acids is 1. The average Bonchev–Trinajstić information content (AvgIpc) is 3.54. The number of hydrogen-bond acceptors (Lipinski definition) is 9. The van der Waals surface area contributed by atoms with Gasteiger partial charge in [0.15, 0.2) is 17.2 Å². The van der Waals surface area contributed by atoms with Crippen LogP contribution in [0.2, 0.25) is 4.34 Å². The molecule has 0 atom stereocenters. The van der Waals surface area contributed by atoms with Gasteiger partial charge in [0.25, 0.3) is 10.0 Å². The summed E-state index contributed by atoms with van der Waals surface area (Å²) in [5, 5.41) is 12.5. The minimum absolute atomic E-state index is 0.0126. The zero-order valence-electron chi connectivity index (χ0n) is 17.4. The largest absolute Gasteiger partial charge is 0.477 e. The van der Waals surface area contributed by atoms with E-state index in [0.29, 0.717) is 30.5 Å². The van der Waals surface area contributed by atoms with Gasteiger partial charge in [-0.1, -0.05) is 22.8 Å². The Balaban J connectivity index is 0.000000196. The van der Waals surface area contributed by atoms with Gasteiger partial charge in [0, 0.05) is 38.9 Å². The standard InChI is InChI=1S/C12H13ClN2O5S2.C8H9NO2/c13-9-1-2-10(21-9)22(18,19)15-5-3-12(4-6-15)7-8(11(16)17)14-20-12;9-4-6-1-2-7-8(3-6)11-5-10-7/h1-2H,3-7H2,(H,16,17);1-3H,4-5,9H2. The Kier molecular flexibility index (Phi) is 6.82. The Morgan fingerprint density at radius 1 is 1.21 bits per heavy atom. The van der Waals surface area contributed by atoms with Crippen molar-refractivity contribution >= 4 is 44.6 Å². The molecule has 4 heterocycles. The Labute approximate surface area is 199 Å². The third kappa shape index (κ3) is 5.09. The molecule has 33 heavy (non-hydrogen) atoms. The summed E-state index contributed by atoms with van der Waals surface area (Å²) in [5.74, 6) is 0.510. The summed E-state index contributed by atoms with van der Waals surface area (Å²) in [4.78, 5) is 16.2. The maximum absolute atomic E-state index is 12.5. The van der Waals surface area contributed by atoms with Crippen LogP contribution in [0.5, 0.6) is 11.5 Å². The molecule has 3 aliphatic rings. The highest BCUT2D eigenvalue weighted by atomic mass is 35.5. The molecule has 1 aromatic heterocycles. The van der Waals surface area contributed by atoms with E-state index in [4.69, 9.17) is 36.8 Å². The van der Waals surface area contributed by atoms with Crippen molar-refractivity contribution < 1.29 is 32.6 Å². The molecule has 0 amide bonds. The number of carboxylic acid groups (broad SMARTS) is 1. The summed E-state index contributed by atoms with van der Waals surface area (Å²) >= 11 is 6.81. The summed E-state index contributed by atoms with van der Waals surface area (Å²) in [6.07, 6.45) is 1.03. The van der Waals surface area contributed by atoms with E-state index in [2.05, 4.69) is 5.16 Å². The minimum atomic E-state index is -3.56. The van der Waals surface area contributed by atoms with E-state index >= 15 is 0 Å². The van der Waals surface area contributed by atoms with E-state index in [9.17, 15) is 13.2 Å². The Hall–Kier alpha value is -2.38. The number of nitrogens with two attached hydrogens (primary N) is 1. The lowest BCUT2D eigenvalue weighted by atomic mass is 9.88. The lowest BCUT2D eigenvalue weighted by molar-refractivity contribution is -0.129. The first kappa shape index (κ1) is 23.8. The van der Waals surface area contributed by atoms with Crippen molar-refractivity contribution in [1.29, 1.82) is 0 Å². The van der Waals surface area contributed by atoms with E-state index in [1.807, 2.05) is 18.2 Å². The van der Waals surface area contributed by atoms with Crippen molar-refractivity contribution in [1.82, 2.24) is 4.31 Å². The number of piperidine rings is 1. The fourth-order valence-corrected chi connectivity index (χ4v) is 6.75. The van der Waals surface area contributed by atoms with Crippen LogP contribution in [0.4, 0.5) is 0 Å². The molecule has 1 saturated heterocycles. The Morgan fingerprint density at radius 3 is 2.55 bits per heavy atom. The van der Waals surface area contributed by atoms with Crippen molar-refractivity contribution in [3.05, 3.63) is 40.2 Å². The molecule has 3 aliphatic heterocycles. The smallest absolute Gasteiger partial charge is 0.353 e. The number of thiophene rings is 1. The molecule has 13 heteroatoms. The van der Waals surface area contributed by atoms with E-state index in [0.717, 1.165) is 28.4 Å². The normalized spacial score (nSPS) is 18.9. The number of rotatable bonds is 4. The van der Waals surface area contributed by atoms with Crippen molar-refractivity contribution in [2.75, 3.05) is 19.9 Å². The number of aliphatic carboxylic acids is 1. The molecular weight excluding hydrogens is 494 g/mol.